The molecular formula is C14H26N4S. The van der Waals surface area contributed by atoms with Gasteiger partial charge >= 0.3 is 0 Å². The van der Waals surface area contributed by atoms with Crippen LogP contribution in [0.25, 0.3) is 0 Å². The molecule has 1 rings (SSSR count). The molecule has 1 aromatic rings. The van der Waals surface area contributed by atoms with E-state index < -0.39 is 0 Å². The van der Waals surface area contributed by atoms with Crippen LogP contribution < -0.4 is 5.62 Å². The van der Waals surface area contributed by atoms with E-state index in [9.17, 15) is 0 Å². The van der Waals surface area contributed by atoms with Crippen molar-refractivity contribution in [3.8, 4) is 0 Å². The van der Waals surface area contributed by atoms with Crippen molar-refractivity contribution in [2.75, 3.05) is 6.26 Å². The van der Waals surface area contributed by atoms with Crippen molar-refractivity contribution < 1.29 is 0 Å². The van der Waals surface area contributed by atoms with E-state index in [1.165, 1.54) is 25.7 Å². The fraction of sp³-hybridized carbons (Fsp3) is 0.643. The van der Waals surface area contributed by atoms with Gasteiger partial charge in [0.05, 0.1) is 0 Å². The summed E-state index contributed by atoms with van der Waals surface area (Å²) in [5, 5.41) is 14.3. The first kappa shape index (κ1) is 17.9. The minimum absolute atomic E-state index is 0.383. The van der Waals surface area contributed by atoms with Gasteiger partial charge in [0.1, 0.15) is 5.03 Å². The maximum absolute atomic E-state index is 7.91. The van der Waals surface area contributed by atoms with Crippen LogP contribution in [0, 0.1) is 16.7 Å². The van der Waals surface area contributed by atoms with Gasteiger partial charge in [0.2, 0.25) is 5.62 Å². The number of nitrogens with one attached hydrogen (secondary N) is 2. The number of hydrogen-bond acceptors (Lipinski definition) is 4. The standard InChI is InChI=1S/C13H23N3S.CH3N/c1-4-6-11(7-5-2)10-16-9-8-12(17-3)15-13(16)14;1-2/h8-9,11,14H,4-7,10H2,1-3H3;2H,1H2. The molecule has 5 heteroatoms. The van der Waals surface area contributed by atoms with Gasteiger partial charge in [-0.15, -0.1) is 11.8 Å². The highest BCUT2D eigenvalue weighted by molar-refractivity contribution is 7.98. The zero-order valence-electron chi connectivity index (χ0n) is 12.3. The molecular weight excluding hydrogens is 256 g/mol. The molecule has 0 aliphatic rings. The summed E-state index contributed by atoms with van der Waals surface area (Å²) < 4.78 is 1.97. The van der Waals surface area contributed by atoms with Crippen LogP contribution in [0.4, 0.5) is 0 Å². The summed E-state index contributed by atoms with van der Waals surface area (Å²) in [6, 6.07) is 2.00. The van der Waals surface area contributed by atoms with Crippen LogP contribution in [-0.2, 0) is 6.54 Å². The number of aromatic nitrogens is 2. The van der Waals surface area contributed by atoms with Gasteiger partial charge < -0.3 is 9.98 Å². The molecule has 0 unspecified atom stereocenters. The lowest BCUT2D eigenvalue weighted by atomic mass is 9.98. The van der Waals surface area contributed by atoms with E-state index in [0.717, 1.165) is 11.6 Å². The summed E-state index contributed by atoms with van der Waals surface area (Å²) in [6.45, 7) is 7.89. The van der Waals surface area contributed by atoms with E-state index in [4.69, 9.17) is 10.8 Å². The molecule has 0 radical (unpaired) electrons. The summed E-state index contributed by atoms with van der Waals surface area (Å²) in [5.41, 5.74) is 0.383. The third-order valence-electron chi connectivity index (χ3n) is 2.94. The molecule has 0 amide bonds. The molecule has 108 valence electrons. The minimum atomic E-state index is 0.383. The third-order valence-corrected chi connectivity index (χ3v) is 3.59. The maximum Gasteiger partial charge on any atom is 0.222 e. The lowest BCUT2D eigenvalue weighted by Gasteiger charge is -2.17. The molecule has 2 N–H and O–H groups in total. The molecule has 0 aliphatic heterocycles. The Hall–Kier alpha value is -1.10. The molecule has 0 saturated carbocycles. The molecule has 0 bridgehead atoms. The highest BCUT2D eigenvalue weighted by Gasteiger charge is 2.08. The first-order chi connectivity index (χ1) is 9.21. The lowest BCUT2D eigenvalue weighted by molar-refractivity contribution is 0.369. The summed E-state index contributed by atoms with van der Waals surface area (Å²) >= 11 is 1.59. The number of hydrogen-bond donors (Lipinski definition) is 2. The summed E-state index contributed by atoms with van der Waals surface area (Å²) in [7, 11) is 0. The summed E-state index contributed by atoms with van der Waals surface area (Å²) in [6.07, 6.45) is 8.90. The fourth-order valence-electron chi connectivity index (χ4n) is 2.11. The molecule has 0 fully saturated rings. The first-order valence-corrected chi connectivity index (χ1v) is 7.95. The van der Waals surface area contributed by atoms with E-state index in [1.807, 2.05) is 23.1 Å². The largest absolute Gasteiger partial charge is 0.317 e. The van der Waals surface area contributed by atoms with Gasteiger partial charge in [-0.05, 0) is 37.8 Å². The quantitative estimate of drug-likeness (QED) is 0.456. The predicted molar refractivity (Wildman–Crippen MR) is 83.0 cm³/mol. The topological polar surface area (TPSA) is 65.5 Å². The number of rotatable bonds is 7. The number of nitrogens with zero attached hydrogens (tertiary/aromatic N) is 2. The van der Waals surface area contributed by atoms with Crippen LogP contribution in [0.5, 0.6) is 0 Å². The molecule has 0 spiro atoms. The van der Waals surface area contributed by atoms with Crippen LogP contribution in [0.3, 0.4) is 0 Å². The molecule has 4 nitrogen and oxygen atoms in total. The highest BCUT2D eigenvalue weighted by Crippen LogP contribution is 2.15. The van der Waals surface area contributed by atoms with Crippen molar-refractivity contribution >= 4 is 18.5 Å². The van der Waals surface area contributed by atoms with Gasteiger partial charge in [0.25, 0.3) is 0 Å². The highest BCUT2D eigenvalue weighted by atomic mass is 32.2. The van der Waals surface area contributed by atoms with Crippen LogP contribution in [-0.4, -0.2) is 22.5 Å². The average molecular weight is 282 g/mol. The predicted octanol–water partition coefficient (Wildman–Crippen LogP) is 3.57. The monoisotopic (exact) mass is 282 g/mol. The Bertz CT molecular complexity index is 397. The van der Waals surface area contributed by atoms with Crippen molar-refractivity contribution in [2.45, 2.75) is 51.1 Å². The molecule has 0 atom stereocenters. The zero-order valence-corrected chi connectivity index (χ0v) is 13.1. The van der Waals surface area contributed by atoms with E-state index in [-0.39, 0.29) is 0 Å². The second-order valence-corrected chi connectivity index (χ2v) is 5.22. The van der Waals surface area contributed by atoms with Gasteiger partial charge in [-0.3, -0.25) is 5.41 Å². The van der Waals surface area contributed by atoms with E-state index in [2.05, 4.69) is 25.5 Å². The zero-order chi connectivity index (χ0) is 14.7. The van der Waals surface area contributed by atoms with Crippen molar-refractivity contribution in [3.05, 3.63) is 17.9 Å². The van der Waals surface area contributed by atoms with Crippen LogP contribution in [0.15, 0.2) is 17.3 Å². The number of thioether (sulfide) groups is 1. The maximum atomic E-state index is 7.91. The second-order valence-electron chi connectivity index (χ2n) is 4.39. The Labute approximate surface area is 120 Å². The van der Waals surface area contributed by atoms with Crippen molar-refractivity contribution in [3.63, 3.8) is 0 Å². The average Bonchev–Trinajstić information content (AvgIpc) is 2.44. The Morgan fingerprint density at radius 1 is 1.32 bits per heavy atom. The van der Waals surface area contributed by atoms with Crippen LogP contribution in [0.2, 0.25) is 0 Å². The molecule has 1 heterocycles. The normalized spacial score (nSPS) is 10.1. The lowest BCUT2D eigenvalue weighted by Crippen LogP contribution is -2.26. The van der Waals surface area contributed by atoms with Gasteiger partial charge in [-0.25, -0.2) is 4.98 Å². The third kappa shape index (κ3) is 6.57. The van der Waals surface area contributed by atoms with E-state index in [1.54, 1.807) is 11.8 Å². The van der Waals surface area contributed by atoms with Crippen molar-refractivity contribution in [2.24, 2.45) is 5.92 Å². The van der Waals surface area contributed by atoms with Crippen LogP contribution >= 0.6 is 11.8 Å². The molecule has 1 aromatic heterocycles. The van der Waals surface area contributed by atoms with E-state index >= 15 is 0 Å². The second kappa shape index (κ2) is 10.8. The van der Waals surface area contributed by atoms with E-state index in [0.29, 0.717) is 11.5 Å². The summed E-state index contributed by atoms with van der Waals surface area (Å²) in [4.78, 5) is 4.26. The first-order valence-electron chi connectivity index (χ1n) is 6.72. The molecule has 0 aromatic carbocycles. The SMILES string of the molecule is C=N.CCCC(CCC)Cn1ccc(SC)nc1=N. The van der Waals surface area contributed by atoms with Crippen LogP contribution in [0.1, 0.15) is 39.5 Å². The Morgan fingerprint density at radius 2 is 1.89 bits per heavy atom. The minimum Gasteiger partial charge on any atom is -0.317 e. The Balaban J connectivity index is 0.00000154. The van der Waals surface area contributed by atoms with Gasteiger partial charge in [-0.1, -0.05) is 26.7 Å². The molecule has 0 saturated heterocycles. The molecule has 0 aliphatic carbocycles. The van der Waals surface area contributed by atoms with Crippen molar-refractivity contribution in [1.82, 2.24) is 9.55 Å². The summed E-state index contributed by atoms with van der Waals surface area (Å²) in [5.74, 6) is 0.682. The fourth-order valence-corrected chi connectivity index (χ4v) is 2.49. The Kier molecular flexibility index (Phi) is 10.2. The van der Waals surface area contributed by atoms with Gasteiger partial charge in [0.15, 0.2) is 0 Å². The molecule has 19 heavy (non-hydrogen) atoms. The Morgan fingerprint density at radius 3 is 2.32 bits per heavy atom. The van der Waals surface area contributed by atoms with Gasteiger partial charge in [0, 0.05) is 12.7 Å². The van der Waals surface area contributed by atoms with Crippen molar-refractivity contribution in [1.29, 1.82) is 10.8 Å². The smallest absolute Gasteiger partial charge is 0.222 e. The van der Waals surface area contributed by atoms with Gasteiger partial charge in [-0.2, -0.15) is 0 Å².